The van der Waals surface area contributed by atoms with E-state index in [0.29, 0.717) is 16.8 Å². The normalized spacial score (nSPS) is 13.4. The molecule has 2 N–H and O–H groups in total. The van der Waals surface area contributed by atoms with Gasteiger partial charge >= 0.3 is 0 Å². The van der Waals surface area contributed by atoms with Gasteiger partial charge in [-0.25, -0.2) is 8.42 Å². The molecular weight excluding hydrogens is 406 g/mol. The molecule has 0 saturated heterocycles. The summed E-state index contributed by atoms with van der Waals surface area (Å²) in [6.45, 7) is 1.66. The molecule has 4 aromatic carbocycles. The SMILES string of the molecule is CC(O)(c1ccccc1)c1ccccc1NS(=O)(=O)c1ccc(-c2ccccc2)cc1. The van der Waals surface area contributed by atoms with Crippen molar-refractivity contribution in [2.24, 2.45) is 0 Å². The molecule has 0 fully saturated rings. The molecule has 4 nitrogen and oxygen atoms in total. The van der Waals surface area contributed by atoms with Crippen LogP contribution in [0.15, 0.2) is 114 Å². The zero-order chi connectivity index (χ0) is 21.9. The number of benzene rings is 4. The molecule has 0 radical (unpaired) electrons. The summed E-state index contributed by atoms with van der Waals surface area (Å²) in [7, 11) is -3.84. The van der Waals surface area contributed by atoms with Crippen molar-refractivity contribution in [3.63, 3.8) is 0 Å². The Bertz CT molecular complexity index is 1270. The Morgan fingerprint density at radius 3 is 1.84 bits per heavy atom. The first-order chi connectivity index (χ1) is 14.9. The predicted molar refractivity (Wildman–Crippen MR) is 124 cm³/mol. The first-order valence-electron chi connectivity index (χ1n) is 9.94. The Hall–Kier alpha value is -3.41. The highest BCUT2D eigenvalue weighted by Gasteiger charge is 2.29. The van der Waals surface area contributed by atoms with Crippen LogP contribution in [0, 0.1) is 0 Å². The number of rotatable bonds is 6. The fourth-order valence-electron chi connectivity index (χ4n) is 3.58. The quantitative estimate of drug-likeness (QED) is 0.431. The molecule has 0 saturated carbocycles. The van der Waals surface area contributed by atoms with Crippen molar-refractivity contribution in [1.82, 2.24) is 0 Å². The van der Waals surface area contributed by atoms with Crippen LogP contribution in [0.4, 0.5) is 5.69 Å². The van der Waals surface area contributed by atoms with Crippen molar-refractivity contribution in [2.45, 2.75) is 17.4 Å². The lowest BCUT2D eigenvalue weighted by Crippen LogP contribution is -2.25. The number of aliphatic hydroxyl groups is 1. The molecule has 0 amide bonds. The molecule has 0 aliphatic heterocycles. The molecule has 0 aliphatic rings. The van der Waals surface area contributed by atoms with E-state index < -0.39 is 15.6 Å². The van der Waals surface area contributed by atoms with E-state index in [1.54, 1.807) is 55.5 Å². The Balaban J connectivity index is 1.65. The average Bonchev–Trinajstić information content (AvgIpc) is 2.80. The zero-order valence-electron chi connectivity index (χ0n) is 17.1. The molecule has 0 bridgehead atoms. The molecule has 156 valence electrons. The van der Waals surface area contributed by atoms with E-state index in [0.717, 1.165) is 11.1 Å². The van der Waals surface area contributed by atoms with Gasteiger partial charge in [0.1, 0.15) is 5.60 Å². The van der Waals surface area contributed by atoms with E-state index >= 15 is 0 Å². The Morgan fingerprint density at radius 2 is 1.19 bits per heavy atom. The summed E-state index contributed by atoms with van der Waals surface area (Å²) >= 11 is 0. The molecule has 4 aromatic rings. The monoisotopic (exact) mass is 429 g/mol. The van der Waals surface area contributed by atoms with Crippen molar-refractivity contribution < 1.29 is 13.5 Å². The first kappa shape index (κ1) is 20.8. The molecule has 0 aromatic heterocycles. The second-order valence-electron chi connectivity index (χ2n) is 7.48. The van der Waals surface area contributed by atoms with Crippen LogP contribution in [-0.2, 0) is 15.6 Å². The van der Waals surface area contributed by atoms with Crippen LogP contribution in [0.5, 0.6) is 0 Å². The first-order valence-corrected chi connectivity index (χ1v) is 11.4. The van der Waals surface area contributed by atoms with E-state index in [2.05, 4.69) is 4.72 Å². The minimum Gasteiger partial charge on any atom is -0.381 e. The summed E-state index contributed by atoms with van der Waals surface area (Å²) in [6, 6.07) is 32.6. The van der Waals surface area contributed by atoms with E-state index in [9.17, 15) is 13.5 Å². The van der Waals surface area contributed by atoms with Gasteiger partial charge in [0.15, 0.2) is 0 Å². The molecule has 4 rings (SSSR count). The van der Waals surface area contributed by atoms with Gasteiger partial charge in [-0.15, -0.1) is 0 Å². The van der Waals surface area contributed by atoms with Gasteiger partial charge in [0, 0.05) is 5.56 Å². The lowest BCUT2D eigenvalue weighted by Gasteiger charge is -2.27. The third kappa shape index (κ3) is 4.38. The number of hydrogen-bond donors (Lipinski definition) is 2. The number of nitrogens with one attached hydrogen (secondary N) is 1. The molecule has 0 spiro atoms. The third-order valence-corrected chi connectivity index (χ3v) is 6.68. The van der Waals surface area contributed by atoms with Gasteiger partial charge in [-0.2, -0.15) is 0 Å². The summed E-state index contributed by atoms with van der Waals surface area (Å²) < 4.78 is 28.8. The number of para-hydroxylation sites is 1. The van der Waals surface area contributed by atoms with Crippen molar-refractivity contribution in [3.8, 4) is 11.1 Å². The van der Waals surface area contributed by atoms with Crippen molar-refractivity contribution >= 4 is 15.7 Å². The third-order valence-electron chi connectivity index (χ3n) is 5.30. The van der Waals surface area contributed by atoms with Crippen LogP contribution < -0.4 is 4.72 Å². The Morgan fingerprint density at radius 1 is 0.677 bits per heavy atom. The van der Waals surface area contributed by atoms with Crippen LogP contribution in [0.25, 0.3) is 11.1 Å². The van der Waals surface area contributed by atoms with Gasteiger partial charge in [0.25, 0.3) is 10.0 Å². The summed E-state index contributed by atoms with van der Waals surface area (Å²) in [5.74, 6) is 0. The second kappa shape index (κ2) is 8.38. The highest BCUT2D eigenvalue weighted by Crippen LogP contribution is 2.35. The number of hydrogen-bond acceptors (Lipinski definition) is 3. The maximum Gasteiger partial charge on any atom is 0.261 e. The highest BCUT2D eigenvalue weighted by molar-refractivity contribution is 7.92. The van der Waals surface area contributed by atoms with Gasteiger partial charge in [0.05, 0.1) is 10.6 Å². The molecule has 1 unspecified atom stereocenters. The van der Waals surface area contributed by atoms with Crippen LogP contribution >= 0.6 is 0 Å². The van der Waals surface area contributed by atoms with Crippen LogP contribution in [0.2, 0.25) is 0 Å². The van der Waals surface area contributed by atoms with E-state index in [1.807, 2.05) is 60.7 Å². The summed E-state index contributed by atoms with van der Waals surface area (Å²) in [5, 5.41) is 11.2. The molecule has 0 heterocycles. The van der Waals surface area contributed by atoms with E-state index in [4.69, 9.17) is 0 Å². The average molecular weight is 430 g/mol. The highest BCUT2D eigenvalue weighted by atomic mass is 32.2. The van der Waals surface area contributed by atoms with Gasteiger partial charge in [-0.05, 0) is 41.8 Å². The lowest BCUT2D eigenvalue weighted by molar-refractivity contribution is 0.103. The maximum atomic E-state index is 13.1. The smallest absolute Gasteiger partial charge is 0.261 e. The second-order valence-corrected chi connectivity index (χ2v) is 9.16. The minimum atomic E-state index is -3.84. The van der Waals surface area contributed by atoms with Gasteiger partial charge in [0.2, 0.25) is 0 Å². The van der Waals surface area contributed by atoms with Crippen LogP contribution in [-0.4, -0.2) is 13.5 Å². The molecular formula is C26H23NO3S. The van der Waals surface area contributed by atoms with Gasteiger partial charge in [-0.3, -0.25) is 4.72 Å². The molecule has 5 heteroatoms. The summed E-state index contributed by atoms with van der Waals surface area (Å²) in [5.41, 5.74) is 2.08. The minimum absolute atomic E-state index is 0.154. The summed E-state index contributed by atoms with van der Waals surface area (Å²) in [6.07, 6.45) is 0. The standard InChI is InChI=1S/C26H23NO3S/c1-26(28,22-12-6-3-7-13-22)24-14-8-9-15-25(24)27-31(29,30)23-18-16-21(17-19-23)20-10-4-2-5-11-20/h2-19,27-28H,1H3. The fourth-order valence-corrected chi connectivity index (χ4v) is 4.66. The largest absolute Gasteiger partial charge is 0.381 e. The molecule has 0 aliphatic carbocycles. The summed E-state index contributed by atoms with van der Waals surface area (Å²) in [4.78, 5) is 0.154. The van der Waals surface area contributed by atoms with Crippen LogP contribution in [0.3, 0.4) is 0 Å². The van der Waals surface area contributed by atoms with E-state index in [1.165, 1.54) is 0 Å². The Labute approximate surface area is 182 Å². The zero-order valence-corrected chi connectivity index (χ0v) is 17.9. The van der Waals surface area contributed by atoms with Gasteiger partial charge < -0.3 is 5.11 Å². The lowest BCUT2D eigenvalue weighted by atomic mass is 9.87. The van der Waals surface area contributed by atoms with Crippen LogP contribution in [0.1, 0.15) is 18.1 Å². The molecule has 1 atom stereocenters. The van der Waals surface area contributed by atoms with Crippen molar-refractivity contribution in [3.05, 3.63) is 120 Å². The topological polar surface area (TPSA) is 66.4 Å². The fraction of sp³-hybridized carbons (Fsp3) is 0.0769. The molecule has 31 heavy (non-hydrogen) atoms. The number of sulfonamides is 1. The van der Waals surface area contributed by atoms with Crippen molar-refractivity contribution in [1.29, 1.82) is 0 Å². The predicted octanol–water partition coefficient (Wildman–Crippen LogP) is 5.41. The van der Waals surface area contributed by atoms with Crippen molar-refractivity contribution in [2.75, 3.05) is 4.72 Å². The maximum absolute atomic E-state index is 13.1. The number of anilines is 1. The van der Waals surface area contributed by atoms with E-state index in [-0.39, 0.29) is 4.90 Å². The van der Waals surface area contributed by atoms with Gasteiger partial charge in [-0.1, -0.05) is 91.0 Å². The Kier molecular flexibility index (Phi) is 5.63.